The van der Waals surface area contributed by atoms with Gasteiger partial charge in [-0.05, 0) is 31.0 Å². The van der Waals surface area contributed by atoms with Gasteiger partial charge in [0.25, 0.3) is 0 Å². The second-order valence-electron chi connectivity index (χ2n) is 4.32. The third-order valence-electron chi connectivity index (χ3n) is 2.89. The Hall–Kier alpha value is -1.72. The summed E-state index contributed by atoms with van der Waals surface area (Å²) in [4.78, 5) is 11.8. The fourth-order valence-electron chi connectivity index (χ4n) is 1.68. The van der Waals surface area contributed by atoms with Gasteiger partial charge in [-0.2, -0.15) is 13.2 Å². The van der Waals surface area contributed by atoms with E-state index in [-0.39, 0.29) is 0 Å². The first-order valence-corrected chi connectivity index (χ1v) is 5.72. The highest BCUT2D eigenvalue weighted by atomic mass is 19.4. The number of amides is 1. The van der Waals surface area contributed by atoms with Crippen LogP contribution in [0.15, 0.2) is 24.3 Å². The summed E-state index contributed by atoms with van der Waals surface area (Å²) in [6.07, 6.45) is -4.51. The molecule has 0 saturated heterocycles. The highest BCUT2D eigenvalue weighted by Gasteiger charge is 2.42. The molecule has 0 unspecified atom stereocenters. The van der Waals surface area contributed by atoms with E-state index in [1.165, 1.54) is 7.11 Å². The molecule has 3 nitrogen and oxygen atoms in total. The third-order valence-corrected chi connectivity index (χ3v) is 2.89. The molecule has 0 fully saturated rings. The Kier molecular flexibility index (Phi) is 4.80. The van der Waals surface area contributed by atoms with Crippen molar-refractivity contribution in [1.29, 1.82) is 0 Å². The summed E-state index contributed by atoms with van der Waals surface area (Å²) < 4.78 is 42.0. The molecule has 0 saturated carbocycles. The molecule has 106 valence electrons. The van der Waals surface area contributed by atoms with E-state index >= 15 is 0 Å². The van der Waals surface area contributed by atoms with Crippen molar-refractivity contribution in [1.82, 2.24) is 4.90 Å². The fourth-order valence-corrected chi connectivity index (χ4v) is 1.68. The van der Waals surface area contributed by atoms with E-state index in [0.717, 1.165) is 12.6 Å². The maximum Gasteiger partial charge on any atom is 0.471 e. The number of halogens is 3. The maximum absolute atomic E-state index is 12.3. The van der Waals surface area contributed by atoms with Crippen molar-refractivity contribution in [2.75, 3.05) is 14.2 Å². The number of carbonyl (C=O) groups is 1. The van der Waals surface area contributed by atoms with Crippen LogP contribution in [0.3, 0.4) is 0 Å². The van der Waals surface area contributed by atoms with Gasteiger partial charge in [0.2, 0.25) is 0 Å². The SMILES string of the molecule is COc1cccc(C[C@H](C)N(C)C(=O)C(F)(F)F)c1. The first-order chi connectivity index (χ1) is 8.75. The minimum atomic E-state index is -4.84. The molecule has 1 aromatic rings. The number of carbonyl (C=O) groups excluding carboxylic acids is 1. The monoisotopic (exact) mass is 275 g/mol. The molecule has 0 radical (unpaired) electrons. The van der Waals surface area contributed by atoms with Crippen LogP contribution in [0.5, 0.6) is 5.75 Å². The molecule has 0 heterocycles. The highest BCUT2D eigenvalue weighted by Crippen LogP contribution is 2.21. The molecule has 0 aliphatic rings. The zero-order chi connectivity index (χ0) is 14.6. The second-order valence-corrected chi connectivity index (χ2v) is 4.32. The van der Waals surface area contributed by atoms with Crippen LogP contribution in [0, 0.1) is 0 Å². The average Bonchev–Trinajstić information content (AvgIpc) is 2.36. The predicted octanol–water partition coefficient (Wildman–Crippen LogP) is 2.65. The van der Waals surface area contributed by atoms with Crippen LogP contribution < -0.4 is 4.74 Å². The van der Waals surface area contributed by atoms with Crippen molar-refractivity contribution < 1.29 is 22.7 Å². The zero-order valence-corrected chi connectivity index (χ0v) is 11.0. The highest BCUT2D eigenvalue weighted by molar-refractivity contribution is 5.81. The fraction of sp³-hybridized carbons (Fsp3) is 0.462. The number of nitrogens with zero attached hydrogens (tertiary/aromatic N) is 1. The molecule has 0 aliphatic heterocycles. The number of alkyl halides is 3. The van der Waals surface area contributed by atoms with E-state index in [0.29, 0.717) is 17.1 Å². The zero-order valence-electron chi connectivity index (χ0n) is 11.0. The Morgan fingerprint density at radius 2 is 2.05 bits per heavy atom. The maximum atomic E-state index is 12.3. The third kappa shape index (κ3) is 4.15. The molecule has 6 heteroatoms. The summed E-state index contributed by atoms with van der Waals surface area (Å²) >= 11 is 0. The van der Waals surface area contributed by atoms with Crippen molar-refractivity contribution in [2.45, 2.75) is 25.6 Å². The molecule has 0 aromatic heterocycles. The minimum absolute atomic E-state index is 0.329. The first kappa shape index (κ1) is 15.3. The largest absolute Gasteiger partial charge is 0.497 e. The van der Waals surface area contributed by atoms with Crippen LogP contribution in [0.1, 0.15) is 12.5 Å². The lowest BCUT2D eigenvalue weighted by molar-refractivity contribution is -0.185. The smallest absolute Gasteiger partial charge is 0.471 e. The Labute approximate surface area is 110 Å². The standard InChI is InChI=1S/C13H16F3NO2/c1-9(17(2)12(18)13(14,15)16)7-10-5-4-6-11(8-10)19-3/h4-6,8-9H,7H2,1-3H3/t9-/m0/s1. The van der Waals surface area contributed by atoms with Gasteiger partial charge in [-0.3, -0.25) is 4.79 Å². The normalized spacial score (nSPS) is 12.9. The summed E-state index contributed by atoms with van der Waals surface area (Å²) in [6.45, 7) is 1.57. The van der Waals surface area contributed by atoms with Crippen LogP contribution in [0.2, 0.25) is 0 Å². The Morgan fingerprint density at radius 1 is 1.42 bits per heavy atom. The molecule has 0 N–H and O–H groups in total. The van der Waals surface area contributed by atoms with Gasteiger partial charge in [-0.25, -0.2) is 0 Å². The lowest BCUT2D eigenvalue weighted by Gasteiger charge is -2.26. The molecule has 1 rings (SSSR count). The predicted molar refractivity (Wildman–Crippen MR) is 65.0 cm³/mol. The van der Waals surface area contributed by atoms with E-state index < -0.39 is 18.1 Å². The first-order valence-electron chi connectivity index (χ1n) is 5.72. The molecule has 0 bridgehead atoms. The van der Waals surface area contributed by atoms with Gasteiger partial charge in [-0.15, -0.1) is 0 Å². The summed E-state index contributed by atoms with van der Waals surface area (Å²) in [5, 5.41) is 0. The van der Waals surface area contributed by atoms with E-state index in [2.05, 4.69) is 0 Å². The van der Waals surface area contributed by atoms with Crippen molar-refractivity contribution >= 4 is 5.91 Å². The number of likely N-dealkylation sites (N-methyl/N-ethyl adjacent to an activating group) is 1. The van der Waals surface area contributed by atoms with Crippen LogP contribution in [-0.4, -0.2) is 37.2 Å². The number of hydrogen-bond acceptors (Lipinski definition) is 2. The van der Waals surface area contributed by atoms with Gasteiger partial charge in [0, 0.05) is 13.1 Å². The molecule has 0 aliphatic carbocycles. The van der Waals surface area contributed by atoms with Gasteiger partial charge in [0.1, 0.15) is 5.75 Å². The minimum Gasteiger partial charge on any atom is -0.497 e. The van der Waals surface area contributed by atoms with Crippen molar-refractivity contribution in [3.05, 3.63) is 29.8 Å². The van der Waals surface area contributed by atoms with E-state index in [1.807, 2.05) is 0 Å². The van der Waals surface area contributed by atoms with Crippen LogP contribution in [-0.2, 0) is 11.2 Å². The molecular weight excluding hydrogens is 259 g/mol. The summed E-state index contributed by atoms with van der Waals surface area (Å²) in [5.74, 6) is -1.20. The van der Waals surface area contributed by atoms with Gasteiger partial charge in [0.05, 0.1) is 7.11 Å². The number of benzene rings is 1. The number of hydrogen-bond donors (Lipinski definition) is 0. The number of rotatable bonds is 4. The van der Waals surface area contributed by atoms with Gasteiger partial charge in [-0.1, -0.05) is 12.1 Å². The summed E-state index contributed by atoms with van der Waals surface area (Å²) in [6, 6.07) is 6.47. The molecular formula is C13H16F3NO2. The summed E-state index contributed by atoms with van der Waals surface area (Å²) in [5.41, 5.74) is 0.814. The molecule has 1 aromatic carbocycles. The van der Waals surface area contributed by atoms with Crippen LogP contribution in [0.4, 0.5) is 13.2 Å². The quantitative estimate of drug-likeness (QED) is 0.845. The molecule has 1 atom stereocenters. The number of methoxy groups -OCH3 is 1. The molecule has 19 heavy (non-hydrogen) atoms. The Balaban J connectivity index is 2.73. The van der Waals surface area contributed by atoms with Gasteiger partial charge >= 0.3 is 12.1 Å². The average molecular weight is 275 g/mol. The van der Waals surface area contributed by atoms with E-state index in [4.69, 9.17) is 4.74 Å². The Morgan fingerprint density at radius 3 is 2.58 bits per heavy atom. The second kappa shape index (κ2) is 5.95. The molecule has 1 amide bonds. The summed E-state index contributed by atoms with van der Waals surface area (Å²) in [7, 11) is 2.67. The Bertz CT molecular complexity index is 446. The van der Waals surface area contributed by atoms with Crippen molar-refractivity contribution in [3.8, 4) is 5.75 Å². The van der Waals surface area contributed by atoms with E-state index in [1.54, 1.807) is 31.2 Å². The van der Waals surface area contributed by atoms with E-state index in [9.17, 15) is 18.0 Å². The van der Waals surface area contributed by atoms with Gasteiger partial charge < -0.3 is 9.64 Å². The van der Waals surface area contributed by atoms with Crippen molar-refractivity contribution in [3.63, 3.8) is 0 Å². The van der Waals surface area contributed by atoms with Gasteiger partial charge in [0.15, 0.2) is 0 Å². The number of ether oxygens (including phenoxy) is 1. The van der Waals surface area contributed by atoms with Crippen LogP contribution >= 0.6 is 0 Å². The lowest BCUT2D eigenvalue weighted by Crippen LogP contribution is -2.44. The van der Waals surface area contributed by atoms with Crippen molar-refractivity contribution in [2.24, 2.45) is 0 Å². The molecule has 0 spiro atoms. The topological polar surface area (TPSA) is 29.5 Å². The van der Waals surface area contributed by atoms with Crippen LogP contribution in [0.25, 0.3) is 0 Å². The lowest BCUT2D eigenvalue weighted by atomic mass is 10.1.